The molecule has 0 aromatic carbocycles. The van der Waals surface area contributed by atoms with Crippen molar-refractivity contribution in [1.82, 2.24) is 4.98 Å². The predicted octanol–water partition coefficient (Wildman–Crippen LogP) is 3.00. The number of rotatable bonds is 2. The molecule has 0 aliphatic rings. The number of aromatic nitrogens is 1. The van der Waals surface area contributed by atoms with Gasteiger partial charge >= 0.3 is 5.82 Å². The Morgan fingerprint density at radius 1 is 1.64 bits per heavy atom. The van der Waals surface area contributed by atoms with Gasteiger partial charge in [-0.3, -0.25) is 0 Å². The van der Waals surface area contributed by atoms with Crippen LogP contribution in [0, 0.1) is 17.0 Å². The van der Waals surface area contributed by atoms with E-state index in [9.17, 15) is 18.9 Å². The van der Waals surface area contributed by atoms with Crippen LogP contribution in [-0.4, -0.2) is 9.91 Å². The molecule has 1 heterocycles. The Hall–Kier alpha value is -1.11. The van der Waals surface area contributed by atoms with Crippen LogP contribution >= 0.6 is 15.9 Å². The molecule has 0 aliphatic carbocycles. The highest BCUT2D eigenvalue weighted by molar-refractivity contribution is 9.10. The van der Waals surface area contributed by atoms with Crippen molar-refractivity contribution in [3.63, 3.8) is 0 Å². The van der Waals surface area contributed by atoms with Gasteiger partial charge in [0, 0.05) is 18.6 Å². The van der Waals surface area contributed by atoms with Crippen molar-refractivity contribution >= 4 is 21.7 Å². The predicted molar refractivity (Wildman–Crippen MR) is 48.3 cm³/mol. The second-order valence-electron chi connectivity index (χ2n) is 2.53. The highest BCUT2D eigenvalue weighted by Crippen LogP contribution is 2.31. The van der Waals surface area contributed by atoms with Crippen molar-refractivity contribution in [2.75, 3.05) is 0 Å². The molecule has 0 radical (unpaired) electrons. The number of alkyl halides is 2. The summed E-state index contributed by atoms with van der Waals surface area (Å²) in [5, 5.41) is 10.3. The van der Waals surface area contributed by atoms with Crippen molar-refractivity contribution in [3.05, 3.63) is 31.9 Å². The SMILES string of the molecule is Cc1nc([N+](=O)[O-])cc(C(F)F)c1Br. The molecule has 0 amide bonds. The number of pyridine rings is 1. The lowest BCUT2D eigenvalue weighted by molar-refractivity contribution is -0.389. The highest BCUT2D eigenvalue weighted by Gasteiger charge is 2.21. The smallest absolute Gasteiger partial charge is 0.358 e. The molecule has 0 aliphatic heterocycles. The zero-order valence-electron chi connectivity index (χ0n) is 7.00. The third-order valence-corrected chi connectivity index (χ3v) is 2.59. The fourth-order valence-corrected chi connectivity index (χ4v) is 1.29. The van der Waals surface area contributed by atoms with Gasteiger partial charge in [0.1, 0.15) is 0 Å². The van der Waals surface area contributed by atoms with E-state index in [1.54, 1.807) is 0 Å². The summed E-state index contributed by atoms with van der Waals surface area (Å²) in [4.78, 5) is 13.1. The van der Waals surface area contributed by atoms with E-state index in [0.29, 0.717) is 0 Å². The quantitative estimate of drug-likeness (QED) is 0.611. The zero-order chi connectivity index (χ0) is 10.9. The molecule has 14 heavy (non-hydrogen) atoms. The average molecular weight is 267 g/mol. The Labute approximate surface area is 86.2 Å². The molecule has 4 nitrogen and oxygen atoms in total. The van der Waals surface area contributed by atoms with Gasteiger partial charge in [0.15, 0.2) is 5.69 Å². The van der Waals surface area contributed by atoms with Gasteiger partial charge in [-0.15, -0.1) is 0 Å². The molecule has 0 unspecified atom stereocenters. The monoisotopic (exact) mass is 266 g/mol. The van der Waals surface area contributed by atoms with Gasteiger partial charge in [0.2, 0.25) is 0 Å². The van der Waals surface area contributed by atoms with Crippen LogP contribution in [0.5, 0.6) is 0 Å². The van der Waals surface area contributed by atoms with E-state index < -0.39 is 22.7 Å². The van der Waals surface area contributed by atoms with Crippen LogP contribution in [0.2, 0.25) is 0 Å². The van der Waals surface area contributed by atoms with Crippen LogP contribution in [0.15, 0.2) is 10.5 Å². The molecule has 0 N–H and O–H groups in total. The van der Waals surface area contributed by atoms with Gasteiger partial charge in [-0.1, -0.05) is 0 Å². The van der Waals surface area contributed by atoms with Crippen LogP contribution in [-0.2, 0) is 0 Å². The van der Waals surface area contributed by atoms with Crippen molar-refractivity contribution < 1.29 is 13.7 Å². The van der Waals surface area contributed by atoms with E-state index in [-0.39, 0.29) is 10.2 Å². The number of halogens is 3. The van der Waals surface area contributed by atoms with E-state index in [4.69, 9.17) is 0 Å². The van der Waals surface area contributed by atoms with Gasteiger partial charge in [-0.05, 0) is 25.8 Å². The summed E-state index contributed by atoms with van der Waals surface area (Å²) in [6.07, 6.45) is -2.76. The first-order chi connectivity index (χ1) is 6.43. The summed E-state index contributed by atoms with van der Waals surface area (Å²) in [6.45, 7) is 1.42. The van der Waals surface area contributed by atoms with Gasteiger partial charge in [0.25, 0.3) is 6.43 Å². The Balaban J connectivity index is 3.35. The second kappa shape index (κ2) is 3.95. The molecular formula is C7H5BrF2N2O2. The number of nitro groups is 1. The molecule has 0 fully saturated rings. The maximum absolute atomic E-state index is 12.4. The van der Waals surface area contributed by atoms with Crippen molar-refractivity contribution in [2.45, 2.75) is 13.3 Å². The number of nitrogens with zero attached hydrogens (tertiary/aromatic N) is 2. The average Bonchev–Trinajstić information content (AvgIpc) is 2.08. The Kier molecular flexibility index (Phi) is 3.10. The lowest BCUT2D eigenvalue weighted by Gasteiger charge is -2.03. The summed E-state index contributed by atoms with van der Waals surface area (Å²) >= 11 is 2.90. The second-order valence-corrected chi connectivity index (χ2v) is 3.32. The van der Waals surface area contributed by atoms with Crippen LogP contribution in [0.4, 0.5) is 14.6 Å². The minimum absolute atomic E-state index is 0.109. The molecule has 0 saturated heterocycles. The molecule has 0 spiro atoms. The molecule has 1 rings (SSSR count). The first-order valence-corrected chi connectivity index (χ1v) is 4.32. The molecule has 76 valence electrons. The third kappa shape index (κ3) is 2.03. The van der Waals surface area contributed by atoms with E-state index >= 15 is 0 Å². The Morgan fingerprint density at radius 3 is 2.64 bits per heavy atom. The lowest BCUT2D eigenvalue weighted by atomic mass is 10.2. The maximum atomic E-state index is 12.4. The minimum atomic E-state index is -2.76. The Bertz CT molecular complexity index is 384. The first-order valence-electron chi connectivity index (χ1n) is 3.53. The largest absolute Gasteiger partial charge is 0.364 e. The molecular weight excluding hydrogens is 262 g/mol. The number of aryl methyl sites for hydroxylation is 1. The Morgan fingerprint density at radius 2 is 2.21 bits per heavy atom. The molecule has 0 saturated carbocycles. The normalized spacial score (nSPS) is 10.6. The number of hydrogen-bond donors (Lipinski definition) is 0. The lowest BCUT2D eigenvalue weighted by Crippen LogP contribution is -1.99. The van der Waals surface area contributed by atoms with E-state index in [2.05, 4.69) is 20.9 Å². The zero-order valence-corrected chi connectivity index (χ0v) is 8.59. The first kappa shape index (κ1) is 11.0. The van der Waals surface area contributed by atoms with Gasteiger partial charge in [0.05, 0.1) is 4.47 Å². The third-order valence-electron chi connectivity index (χ3n) is 1.56. The van der Waals surface area contributed by atoms with Crippen molar-refractivity contribution in [2.24, 2.45) is 0 Å². The van der Waals surface area contributed by atoms with E-state index in [1.807, 2.05) is 0 Å². The minimum Gasteiger partial charge on any atom is -0.358 e. The van der Waals surface area contributed by atoms with Crippen molar-refractivity contribution in [1.29, 1.82) is 0 Å². The molecule has 0 bridgehead atoms. The molecule has 7 heteroatoms. The van der Waals surface area contributed by atoms with Crippen LogP contribution in [0.3, 0.4) is 0 Å². The molecule has 1 aromatic rings. The van der Waals surface area contributed by atoms with Crippen LogP contribution < -0.4 is 0 Å². The van der Waals surface area contributed by atoms with Crippen LogP contribution in [0.25, 0.3) is 0 Å². The fraction of sp³-hybridized carbons (Fsp3) is 0.286. The van der Waals surface area contributed by atoms with E-state index in [1.165, 1.54) is 6.92 Å². The summed E-state index contributed by atoms with van der Waals surface area (Å²) in [5.74, 6) is -0.569. The summed E-state index contributed by atoms with van der Waals surface area (Å²) in [5.41, 5.74) is -0.237. The molecule has 1 aromatic heterocycles. The van der Waals surface area contributed by atoms with Gasteiger partial charge in [-0.25, -0.2) is 8.78 Å². The standard InChI is InChI=1S/C7H5BrF2N2O2/c1-3-6(8)4(7(9)10)2-5(11-3)12(13)14/h2,7H,1H3. The van der Waals surface area contributed by atoms with Crippen LogP contribution in [0.1, 0.15) is 17.7 Å². The van der Waals surface area contributed by atoms with Gasteiger partial charge < -0.3 is 10.1 Å². The maximum Gasteiger partial charge on any atom is 0.364 e. The van der Waals surface area contributed by atoms with E-state index in [0.717, 1.165) is 6.07 Å². The summed E-state index contributed by atoms with van der Waals surface area (Å²) in [7, 11) is 0. The highest BCUT2D eigenvalue weighted by atomic mass is 79.9. The summed E-state index contributed by atoms with van der Waals surface area (Å²) in [6, 6.07) is 0.766. The molecule has 0 atom stereocenters. The number of hydrogen-bond acceptors (Lipinski definition) is 3. The van der Waals surface area contributed by atoms with Crippen molar-refractivity contribution in [3.8, 4) is 0 Å². The topological polar surface area (TPSA) is 56.0 Å². The summed E-state index contributed by atoms with van der Waals surface area (Å²) < 4.78 is 24.9. The fourth-order valence-electron chi connectivity index (χ4n) is 0.917. The van der Waals surface area contributed by atoms with Gasteiger partial charge in [-0.2, -0.15) is 0 Å².